The minimum absolute atomic E-state index is 0.0440. The van der Waals surface area contributed by atoms with E-state index in [0.29, 0.717) is 0 Å². The molecule has 75 heavy (non-hydrogen) atoms. The summed E-state index contributed by atoms with van der Waals surface area (Å²) in [4.78, 5) is 4.64. The van der Waals surface area contributed by atoms with Crippen LogP contribution in [0.1, 0.15) is 66.5 Å². The summed E-state index contributed by atoms with van der Waals surface area (Å²) in [5.74, 6) is 0. The van der Waals surface area contributed by atoms with Gasteiger partial charge >= 0.3 is 0 Å². The highest BCUT2D eigenvalue weighted by Gasteiger charge is 2.21. The number of benzene rings is 8. The van der Waals surface area contributed by atoms with Gasteiger partial charge in [0.2, 0.25) is 0 Å². The van der Waals surface area contributed by atoms with Crippen LogP contribution in [0.15, 0.2) is 303 Å². The number of anilines is 4. The minimum atomic E-state index is -0.0440. The normalized spacial score (nSPS) is 12.9. The van der Waals surface area contributed by atoms with Gasteiger partial charge in [0.15, 0.2) is 0 Å². The summed E-state index contributed by atoms with van der Waals surface area (Å²) in [5, 5.41) is 0. The van der Waals surface area contributed by atoms with Crippen molar-refractivity contribution in [2.24, 2.45) is 0 Å². The van der Waals surface area contributed by atoms with E-state index in [1.54, 1.807) is 0 Å². The molecule has 0 fully saturated rings. The van der Waals surface area contributed by atoms with Gasteiger partial charge < -0.3 is 9.80 Å². The number of allylic oxidation sites excluding steroid dienone is 11. The summed E-state index contributed by atoms with van der Waals surface area (Å²) in [6.07, 6.45) is 19.7. The van der Waals surface area contributed by atoms with Gasteiger partial charge in [-0.15, -0.1) is 0 Å². The van der Waals surface area contributed by atoms with Crippen molar-refractivity contribution in [3.05, 3.63) is 314 Å². The Bertz CT molecular complexity index is 3120. The van der Waals surface area contributed by atoms with Crippen molar-refractivity contribution in [1.29, 1.82) is 0 Å². The second-order valence-electron chi connectivity index (χ2n) is 17.2. The van der Waals surface area contributed by atoms with Gasteiger partial charge in [-0.2, -0.15) is 0 Å². The molecule has 1 aliphatic rings. The van der Waals surface area contributed by atoms with E-state index in [4.69, 9.17) is 0 Å². The molecule has 376 valence electrons. The van der Waals surface area contributed by atoms with Gasteiger partial charge in [-0.3, -0.25) is 0 Å². The van der Waals surface area contributed by atoms with Crippen LogP contribution in [0, 0.1) is 0 Å². The molecule has 0 aliphatic heterocycles. The number of hydrogen-bond acceptors (Lipinski definition) is 2. The Balaban J connectivity index is 0.00000147. The van der Waals surface area contributed by atoms with Crippen molar-refractivity contribution in [2.75, 3.05) is 9.80 Å². The number of hydrogen-bond donors (Lipinski definition) is 0. The quantitative estimate of drug-likeness (QED) is 0.0945. The smallest absolute Gasteiger partial charge is 0.0712 e. The lowest BCUT2D eigenvalue weighted by Crippen LogP contribution is -2.28. The van der Waals surface area contributed by atoms with Crippen molar-refractivity contribution >= 4 is 33.9 Å². The second kappa shape index (κ2) is 29.1. The first-order chi connectivity index (χ1) is 36.9. The highest BCUT2D eigenvalue weighted by atomic mass is 15.2. The van der Waals surface area contributed by atoms with Gasteiger partial charge in [0.25, 0.3) is 0 Å². The van der Waals surface area contributed by atoms with Crippen molar-refractivity contribution in [3.63, 3.8) is 0 Å². The van der Waals surface area contributed by atoms with Gasteiger partial charge in [0.1, 0.15) is 0 Å². The van der Waals surface area contributed by atoms with E-state index < -0.39 is 0 Å². The molecular weight excluding hydrogens is 905 g/mol. The van der Waals surface area contributed by atoms with E-state index in [1.165, 1.54) is 33.4 Å². The molecule has 0 amide bonds. The molecule has 1 atom stereocenters. The third-order valence-corrected chi connectivity index (χ3v) is 12.6. The molecule has 2 nitrogen and oxygen atoms in total. The van der Waals surface area contributed by atoms with Crippen molar-refractivity contribution in [3.8, 4) is 33.4 Å². The van der Waals surface area contributed by atoms with E-state index in [1.807, 2.05) is 53.7 Å². The van der Waals surface area contributed by atoms with Crippen LogP contribution in [-0.4, -0.2) is 6.04 Å². The lowest BCUT2D eigenvalue weighted by molar-refractivity contribution is 0.942. The summed E-state index contributed by atoms with van der Waals surface area (Å²) >= 11 is 0. The third-order valence-electron chi connectivity index (χ3n) is 12.6. The molecule has 1 unspecified atom stereocenters. The zero-order valence-corrected chi connectivity index (χ0v) is 45.4. The molecule has 0 saturated heterocycles. The van der Waals surface area contributed by atoms with Crippen LogP contribution in [-0.2, 0) is 0 Å². The van der Waals surface area contributed by atoms with Gasteiger partial charge in [0.05, 0.1) is 6.04 Å². The summed E-state index contributed by atoms with van der Waals surface area (Å²) in [5.41, 5.74) is 18.8. The molecule has 0 aromatic heterocycles. The molecule has 0 bridgehead atoms. The van der Waals surface area contributed by atoms with Gasteiger partial charge in [-0.25, -0.2) is 0 Å². The molecule has 0 radical (unpaired) electrons. The number of rotatable bonds is 15. The van der Waals surface area contributed by atoms with Crippen LogP contribution in [0.5, 0.6) is 0 Å². The van der Waals surface area contributed by atoms with Crippen LogP contribution < -0.4 is 9.80 Å². The molecule has 0 heterocycles. The monoisotopic (exact) mass is 979 g/mol. The molecule has 0 saturated carbocycles. The second-order valence-corrected chi connectivity index (χ2v) is 17.2. The average Bonchev–Trinajstić information content (AvgIpc) is 3.75. The predicted octanol–water partition coefficient (Wildman–Crippen LogP) is 21.3. The highest BCUT2D eigenvalue weighted by molar-refractivity contribution is 5.84. The lowest BCUT2D eigenvalue weighted by atomic mass is 9.99. The first-order valence-electron chi connectivity index (χ1n) is 26.6. The first-order valence-corrected chi connectivity index (χ1v) is 26.6. The standard InChI is InChI=1S/C67H56N2.3C2H6/c1-50(51(2)34-35-53(4)68(63-44-37-59(38-45-63)55-22-11-6-12-23-55)64-46-39-60(40-47-64)56-24-13-7-14-25-56)32-33-52(3)66-30-17-18-31-67(66)69(65-48-41-61(42-49-65)57-26-15-8-16-27-57)62-29-19-28-58(36-43-62)54-20-9-5-10-21-54;3*1-2/h5-49,62H,2,4H2,1,3H3;3*1-2H3/b35-34-,50-32+,52-33+;;;. The maximum Gasteiger partial charge on any atom is 0.0712 e. The Morgan fingerprint density at radius 2 is 0.813 bits per heavy atom. The fourth-order valence-electron chi connectivity index (χ4n) is 8.72. The number of nitrogens with zero attached hydrogens (tertiary/aromatic N) is 2. The summed E-state index contributed by atoms with van der Waals surface area (Å²) in [7, 11) is 0. The maximum atomic E-state index is 4.60. The fourth-order valence-corrected chi connectivity index (χ4v) is 8.72. The molecule has 2 heteroatoms. The average molecular weight is 979 g/mol. The molecule has 0 N–H and O–H groups in total. The molecule has 1 aliphatic carbocycles. The SMILES string of the molecule is C=C(/C=C\C(=C)N(c1ccc(-c2ccccc2)cc1)c1ccc(-c2ccccc2)cc1)/C(C)=C/C=C(\C)c1ccccc1N(c1ccc(-c2ccccc2)cc1)C1C=CC=C(c2ccccc2)C=C1.CC.CC.CC. The maximum absolute atomic E-state index is 4.60. The fraction of sp³-hybridized carbons (Fsp3) is 0.123. The summed E-state index contributed by atoms with van der Waals surface area (Å²) < 4.78 is 0. The molecular formula is C73H74N2. The van der Waals surface area contributed by atoms with Crippen LogP contribution in [0.3, 0.4) is 0 Å². The lowest BCUT2D eigenvalue weighted by Gasteiger charge is -2.32. The van der Waals surface area contributed by atoms with E-state index in [-0.39, 0.29) is 6.04 Å². The van der Waals surface area contributed by atoms with E-state index in [0.717, 1.165) is 61.9 Å². The van der Waals surface area contributed by atoms with Crippen molar-refractivity contribution < 1.29 is 0 Å². The van der Waals surface area contributed by atoms with Crippen LogP contribution in [0.4, 0.5) is 22.7 Å². The van der Waals surface area contributed by atoms with Crippen LogP contribution >= 0.6 is 0 Å². The zero-order valence-electron chi connectivity index (χ0n) is 45.4. The van der Waals surface area contributed by atoms with E-state index in [9.17, 15) is 0 Å². The van der Waals surface area contributed by atoms with E-state index >= 15 is 0 Å². The molecule has 8 aromatic carbocycles. The van der Waals surface area contributed by atoms with Crippen molar-refractivity contribution in [1.82, 2.24) is 0 Å². The highest BCUT2D eigenvalue weighted by Crippen LogP contribution is 2.38. The molecule has 0 spiro atoms. The Morgan fingerprint density at radius 3 is 1.28 bits per heavy atom. The van der Waals surface area contributed by atoms with Gasteiger partial charge in [0, 0.05) is 34.0 Å². The Hall–Kier alpha value is -8.72. The topological polar surface area (TPSA) is 6.48 Å². The Labute approximate surface area is 450 Å². The molecule has 8 aromatic rings. The van der Waals surface area contributed by atoms with Crippen LogP contribution in [0.25, 0.3) is 44.5 Å². The third kappa shape index (κ3) is 14.7. The summed E-state index contributed by atoms with van der Waals surface area (Å²) in [6, 6.07) is 77.1. The van der Waals surface area contributed by atoms with E-state index in [2.05, 4.69) is 298 Å². The largest absolute Gasteiger partial charge is 0.330 e. The minimum Gasteiger partial charge on any atom is -0.330 e. The molecule has 9 rings (SSSR count). The number of para-hydroxylation sites is 1. The zero-order chi connectivity index (χ0) is 53.4. The Kier molecular flexibility index (Phi) is 21.6. The van der Waals surface area contributed by atoms with Crippen molar-refractivity contribution in [2.45, 2.75) is 61.4 Å². The van der Waals surface area contributed by atoms with Gasteiger partial charge in [-0.05, 0) is 124 Å². The van der Waals surface area contributed by atoms with Crippen LogP contribution in [0.2, 0.25) is 0 Å². The van der Waals surface area contributed by atoms with Gasteiger partial charge in [-0.1, -0.05) is 279 Å². The predicted molar refractivity (Wildman–Crippen MR) is 332 cm³/mol. The Morgan fingerprint density at radius 1 is 0.413 bits per heavy atom. The summed E-state index contributed by atoms with van der Waals surface area (Å²) in [6.45, 7) is 25.4. The first kappa shape index (κ1) is 55.6.